The van der Waals surface area contributed by atoms with Crippen molar-refractivity contribution in [1.82, 2.24) is 4.98 Å². The number of hydrogen-bond donors (Lipinski definition) is 1. The number of halogens is 1. The number of hydrogen-bond acceptors (Lipinski definition) is 0. The van der Waals surface area contributed by atoms with Crippen LogP contribution in [0.15, 0.2) is 12.3 Å². The SMILES string of the molecule is C[Si](C)(C)c1cc[nH]c1F. The molecule has 0 fully saturated rings. The van der Waals surface area contributed by atoms with E-state index in [4.69, 9.17) is 0 Å². The van der Waals surface area contributed by atoms with Gasteiger partial charge in [-0.25, -0.2) is 0 Å². The van der Waals surface area contributed by atoms with E-state index in [1.165, 1.54) is 0 Å². The number of H-pyrrole nitrogens is 1. The zero-order valence-electron chi connectivity index (χ0n) is 6.53. The summed E-state index contributed by atoms with van der Waals surface area (Å²) in [4.78, 5) is 2.54. The first kappa shape index (κ1) is 7.53. The maximum atomic E-state index is 12.8. The van der Waals surface area contributed by atoms with Crippen molar-refractivity contribution >= 4 is 13.3 Å². The fourth-order valence-electron chi connectivity index (χ4n) is 0.928. The van der Waals surface area contributed by atoms with Crippen LogP contribution in [-0.2, 0) is 0 Å². The zero-order valence-corrected chi connectivity index (χ0v) is 7.53. The second kappa shape index (κ2) is 2.23. The average molecular weight is 157 g/mol. The largest absolute Gasteiger partial charge is 0.339 e. The Morgan fingerprint density at radius 3 is 2.20 bits per heavy atom. The maximum absolute atomic E-state index is 12.8. The van der Waals surface area contributed by atoms with Crippen molar-refractivity contribution < 1.29 is 4.39 Å². The lowest BCUT2D eigenvalue weighted by Gasteiger charge is -2.13. The molecule has 1 aromatic rings. The van der Waals surface area contributed by atoms with Gasteiger partial charge in [0.2, 0.25) is 0 Å². The average Bonchev–Trinajstić information content (AvgIpc) is 2.11. The molecule has 0 unspecified atom stereocenters. The Morgan fingerprint density at radius 2 is 2.00 bits per heavy atom. The van der Waals surface area contributed by atoms with E-state index in [2.05, 4.69) is 24.6 Å². The highest BCUT2D eigenvalue weighted by Crippen LogP contribution is 2.03. The summed E-state index contributed by atoms with van der Waals surface area (Å²) >= 11 is 0. The molecule has 1 rings (SSSR count). The van der Waals surface area contributed by atoms with Crippen LogP contribution >= 0.6 is 0 Å². The van der Waals surface area contributed by atoms with Gasteiger partial charge in [-0.1, -0.05) is 19.6 Å². The molecule has 0 atom stereocenters. The van der Waals surface area contributed by atoms with Crippen molar-refractivity contribution in [3.05, 3.63) is 18.2 Å². The van der Waals surface area contributed by atoms with Gasteiger partial charge in [0.25, 0.3) is 0 Å². The normalized spacial score (nSPS) is 12.0. The van der Waals surface area contributed by atoms with Gasteiger partial charge < -0.3 is 4.98 Å². The molecule has 0 aliphatic carbocycles. The van der Waals surface area contributed by atoms with Crippen molar-refractivity contribution in [2.75, 3.05) is 0 Å². The third-order valence-electron chi connectivity index (χ3n) is 1.50. The summed E-state index contributed by atoms with van der Waals surface area (Å²) < 4.78 is 12.8. The number of aromatic amines is 1. The van der Waals surface area contributed by atoms with Crippen LogP contribution in [0.3, 0.4) is 0 Å². The summed E-state index contributed by atoms with van der Waals surface area (Å²) in [5, 5.41) is 0.882. The van der Waals surface area contributed by atoms with Crippen molar-refractivity contribution in [2.45, 2.75) is 19.6 Å². The van der Waals surface area contributed by atoms with Crippen molar-refractivity contribution in [2.24, 2.45) is 0 Å². The molecule has 1 aromatic heterocycles. The smallest absolute Gasteiger partial charge is 0.190 e. The van der Waals surface area contributed by atoms with E-state index in [1.54, 1.807) is 6.20 Å². The van der Waals surface area contributed by atoms with E-state index >= 15 is 0 Å². The van der Waals surface area contributed by atoms with E-state index in [0.717, 1.165) is 5.19 Å². The van der Waals surface area contributed by atoms with Gasteiger partial charge in [-0.15, -0.1) is 0 Å². The highest BCUT2D eigenvalue weighted by atomic mass is 28.3. The summed E-state index contributed by atoms with van der Waals surface area (Å²) in [6, 6.07) is 1.83. The lowest BCUT2D eigenvalue weighted by atomic mass is 10.6. The lowest BCUT2D eigenvalue weighted by molar-refractivity contribution is 0.598. The van der Waals surface area contributed by atoms with Crippen LogP contribution in [0.2, 0.25) is 19.6 Å². The van der Waals surface area contributed by atoms with E-state index in [9.17, 15) is 4.39 Å². The maximum Gasteiger partial charge on any atom is 0.190 e. The quantitative estimate of drug-likeness (QED) is 0.597. The van der Waals surface area contributed by atoms with E-state index < -0.39 is 8.07 Å². The number of rotatable bonds is 1. The topological polar surface area (TPSA) is 15.8 Å². The molecule has 0 radical (unpaired) electrons. The van der Waals surface area contributed by atoms with Crippen LogP contribution in [-0.4, -0.2) is 13.1 Å². The van der Waals surface area contributed by atoms with Gasteiger partial charge in [0, 0.05) is 6.20 Å². The molecule has 10 heavy (non-hydrogen) atoms. The Balaban J connectivity index is 3.05. The fraction of sp³-hybridized carbons (Fsp3) is 0.429. The summed E-state index contributed by atoms with van der Waals surface area (Å²) in [5.41, 5.74) is 0. The predicted octanol–water partition coefficient (Wildman–Crippen LogP) is 1.70. The molecule has 0 aliphatic rings. The molecule has 0 bridgehead atoms. The van der Waals surface area contributed by atoms with Gasteiger partial charge in [-0.3, -0.25) is 0 Å². The summed E-state index contributed by atoms with van der Waals surface area (Å²) in [7, 11) is -1.43. The molecular weight excluding hydrogens is 145 g/mol. The van der Waals surface area contributed by atoms with Crippen LogP contribution in [0.5, 0.6) is 0 Å². The first-order chi connectivity index (χ1) is 4.52. The van der Waals surface area contributed by atoms with E-state index in [0.29, 0.717) is 0 Å². The molecule has 0 aliphatic heterocycles. The minimum Gasteiger partial charge on any atom is -0.339 e. The Morgan fingerprint density at radius 1 is 1.40 bits per heavy atom. The van der Waals surface area contributed by atoms with Crippen molar-refractivity contribution in [3.63, 3.8) is 0 Å². The Hall–Kier alpha value is -0.573. The van der Waals surface area contributed by atoms with Crippen LogP contribution in [0.4, 0.5) is 4.39 Å². The van der Waals surface area contributed by atoms with Gasteiger partial charge in [0.1, 0.15) is 0 Å². The molecule has 0 spiro atoms. The minimum absolute atomic E-state index is 0.154. The third kappa shape index (κ3) is 1.29. The molecule has 0 aromatic carbocycles. The second-order valence-corrected chi connectivity index (χ2v) is 8.49. The fourth-order valence-corrected chi connectivity index (χ4v) is 2.24. The lowest BCUT2D eigenvalue weighted by Crippen LogP contribution is -2.38. The van der Waals surface area contributed by atoms with Crippen LogP contribution in [0.1, 0.15) is 0 Å². The highest BCUT2D eigenvalue weighted by molar-refractivity contribution is 6.88. The molecule has 56 valence electrons. The summed E-state index contributed by atoms with van der Waals surface area (Å²) in [6.45, 7) is 6.37. The van der Waals surface area contributed by atoms with Crippen molar-refractivity contribution in [3.8, 4) is 0 Å². The van der Waals surface area contributed by atoms with Crippen LogP contribution < -0.4 is 5.19 Å². The summed E-state index contributed by atoms with van der Waals surface area (Å²) in [6.07, 6.45) is 1.66. The molecule has 1 nitrogen and oxygen atoms in total. The first-order valence-electron chi connectivity index (χ1n) is 3.35. The predicted molar refractivity (Wildman–Crippen MR) is 43.7 cm³/mol. The number of aromatic nitrogens is 1. The van der Waals surface area contributed by atoms with Crippen LogP contribution in [0.25, 0.3) is 0 Å². The monoisotopic (exact) mass is 157 g/mol. The molecule has 1 N–H and O–H groups in total. The van der Waals surface area contributed by atoms with Gasteiger partial charge >= 0.3 is 0 Å². The number of nitrogens with one attached hydrogen (secondary N) is 1. The highest BCUT2D eigenvalue weighted by Gasteiger charge is 2.20. The van der Waals surface area contributed by atoms with Crippen molar-refractivity contribution in [1.29, 1.82) is 0 Å². The van der Waals surface area contributed by atoms with Gasteiger partial charge in [0.15, 0.2) is 5.95 Å². The van der Waals surface area contributed by atoms with Gasteiger partial charge in [-0.05, 0) is 11.3 Å². The molecule has 0 saturated carbocycles. The van der Waals surface area contributed by atoms with Crippen LogP contribution in [0, 0.1) is 5.95 Å². The second-order valence-electron chi connectivity index (χ2n) is 3.46. The van der Waals surface area contributed by atoms with E-state index in [1.807, 2.05) is 6.07 Å². The molecule has 1 heterocycles. The molecule has 3 heteroatoms. The van der Waals surface area contributed by atoms with Gasteiger partial charge in [-0.2, -0.15) is 4.39 Å². The van der Waals surface area contributed by atoms with Gasteiger partial charge in [0.05, 0.1) is 8.07 Å². The first-order valence-corrected chi connectivity index (χ1v) is 6.85. The standard InChI is InChI=1S/C7H12FNSi/c1-10(2,3)6-4-5-9-7(6)8/h4-5,9H,1-3H3. The summed E-state index contributed by atoms with van der Waals surface area (Å²) in [5.74, 6) is -0.154. The molecular formula is C7H12FNSi. The molecule has 0 amide bonds. The minimum atomic E-state index is -1.43. The zero-order chi connectivity index (χ0) is 7.78. The third-order valence-corrected chi connectivity index (χ3v) is 3.51. The Labute approximate surface area is 61.3 Å². The van der Waals surface area contributed by atoms with E-state index in [-0.39, 0.29) is 5.95 Å². The molecule has 0 saturated heterocycles. The Bertz CT molecular complexity index is 224. The Kier molecular flexibility index (Phi) is 1.68.